The quantitative estimate of drug-likeness (QED) is 0.861. The molecule has 1 N–H and O–H groups in total. The number of nitrogens with zero attached hydrogens (tertiary/aromatic N) is 4. The Morgan fingerprint density at radius 3 is 3.00 bits per heavy atom. The number of methoxy groups -OCH3 is 1. The number of hydrogen-bond donors (Lipinski definition) is 1. The van der Waals surface area contributed by atoms with Crippen LogP contribution in [0.3, 0.4) is 0 Å². The molecule has 2 aromatic heterocycles. The van der Waals surface area contributed by atoms with Crippen LogP contribution in [0.15, 0.2) is 21.3 Å². The first-order chi connectivity index (χ1) is 9.20. The lowest BCUT2D eigenvalue weighted by Gasteiger charge is -2.07. The van der Waals surface area contributed by atoms with Gasteiger partial charge < -0.3 is 4.74 Å². The SMILES string of the molecule is COc1c(Cl)ncnc1Sc1n[nH]c(=O)n1C1CC1. The first kappa shape index (κ1) is 12.5. The van der Waals surface area contributed by atoms with Crippen molar-refractivity contribution in [1.82, 2.24) is 24.7 Å². The summed E-state index contributed by atoms with van der Waals surface area (Å²) in [5.74, 6) is 0.381. The molecule has 1 fully saturated rings. The molecular formula is C10H10ClN5O2S. The Kier molecular flexibility index (Phi) is 3.19. The predicted molar refractivity (Wildman–Crippen MR) is 68.8 cm³/mol. The molecule has 0 radical (unpaired) electrons. The second kappa shape index (κ2) is 4.86. The van der Waals surface area contributed by atoms with Gasteiger partial charge in [0.25, 0.3) is 0 Å². The molecule has 9 heteroatoms. The van der Waals surface area contributed by atoms with Crippen LogP contribution in [0.4, 0.5) is 0 Å². The molecule has 1 saturated carbocycles. The van der Waals surface area contributed by atoms with Crippen molar-refractivity contribution < 1.29 is 4.74 Å². The lowest BCUT2D eigenvalue weighted by Crippen LogP contribution is -2.16. The van der Waals surface area contributed by atoms with Gasteiger partial charge in [0.2, 0.25) is 0 Å². The van der Waals surface area contributed by atoms with Gasteiger partial charge in [-0.15, -0.1) is 5.10 Å². The van der Waals surface area contributed by atoms with Crippen molar-refractivity contribution in [2.75, 3.05) is 7.11 Å². The normalized spacial score (nSPS) is 14.6. The lowest BCUT2D eigenvalue weighted by atomic mass is 10.6. The number of aromatic amines is 1. The van der Waals surface area contributed by atoms with E-state index in [0.29, 0.717) is 15.9 Å². The Bertz CT molecular complexity index is 666. The second-order valence-electron chi connectivity index (χ2n) is 4.02. The highest BCUT2D eigenvalue weighted by molar-refractivity contribution is 7.99. The molecule has 2 heterocycles. The standard InChI is InChI=1S/C10H10ClN5O2S/c1-18-6-7(11)12-4-13-8(6)19-10-15-14-9(17)16(10)5-2-3-5/h4-5H,2-3H2,1H3,(H,14,17). The highest BCUT2D eigenvalue weighted by Gasteiger charge is 2.29. The van der Waals surface area contributed by atoms with Crippen molar-refractivity contribution in [3.63, 3.8) is 0 Å². The van der Waals surface area contributed by atoms with Crippen molar-refractivity contribution in [1.29, 1.82) is 0 Å². The molecule has 3 rings (SSSR count). The lowest BCUT2D eigenvalue weighted by molar-refractivity contribution is 0.398. The summed E-state index contributed by atoms with van der Waals surface area (Å²) in [5, 5.41) is 7.78. The van der Waals surface area contributed by atoms with E-state index in [1.165, 1.54) is 25.2 Å². The van der Waals surface area contributed by atoms with Crippen LogP contribution in [0.1, 0.15) is 18.9 Å². The fourth-order valence-electron chi connectivity index (χ4n) is 1.69. The maximum absolute atomic E-state index is 11.7. The minimum atomic E-state index is -0.205. The molecule has 2 aromatic rings. The van der Waals surface area contributed by atoms with Crippen LogP contribution in [0.5, 0.6) is 5.75 Å². The van der Waals surface area contributed by atoms with Gasteiger partial charge in [0.15, 0.2) is 21.1 Å². The highest BCUT2D eigenvalue weighted by Crippen LogP contribution is 2.40. The van der Waals surface area contributed by atoms with E-state index in [-0.39, 0.29) is 16.9 Å². The molecule has 7 nitrogen and oxygen atoms in total. The molecule has 0 aromatic carbocycles. The molecule has 100 valence electrons. The van der Waals surface area contributed by atoms with Gasteiger partial charge in [0.1, 0.15) is 6.33 Å². The summed E-state index contributed by atoms with van der Waals surface area (Å²) >= 11 is 7.16. The van der Waals surface area contributed by atoms with Crippen molar-refractivity contribution in [2.24, 2.45) is 0 Å². The minimum Gasteiger partial charge on any atom is -0.491 e. The number of ether oxygens (including phenoxy) is 1. The minimum absolute atomic E-state index is 0.205. The van der Waals surface area contributed by atoms with Gasteiger partial charge >= 0.3 is 5.69 Å². The third kappa shape index (κ3) is 2.33. The van der Waals surface area contributed by atoms with E-state index in [9.17, 15) is 4.79 Å². The van der Waals surface area contributed by atoms with Gasteiger partial charge in [-0.25, -0.2) is 19.9 Å². The van der Waals surface area contributed by atoms with E-state index >= 15 is 0 Å². The third-order valence-electron chi connectivity index (χ3n) is 2.70. The first-order valence-corrected chi connectivity index (χ1v) is 6.79. The zero-order valence-electron chi connectivity index (χ0n) is 9.96. The summed E-state index contributed by atoms with van der Waals surface area (Å²) in [7, 11) is 1.49. The molecule has 1 aliphatic rings. The van der Waals surface area contributed by atoms with Crippen LogP contribution >= 0.6 is 23.4 Å². The fraction of sp³-hybridized carbons (Fsp3) is 0.400. The number of nitrogens with one attached hydrogen (secondary N) is 1. The fourth-order valence-corrected chi connectivity index (χ4v) is 2.92. The number of aromatic nitrogens is 5. The maximum Gasteiger partial charge on any atom is 0.344 e. The Morgan fingerprint density at radius 1 is 1.53 bits per heavy atom. The number of rotatable bonds is 4. The largest absolute Gasteiger partial charge is 0.491 e. The number of halogens is 1. The molecule has 0 unspecified atom stereocenters. The Morgan fingerprint density at radius 2 is 2.32 bits per heavy atom. The van der Waals surface area contributed by atoms with Crippen LogP contribution in [0.25, 0.3) is 0 Å². The van der Waals surface area contributed by atoms with Gasteiger partial charge in [-0.2, -0.15) is 0 Å². The molecular weight excluding hydrogens is 290 g/mol. The van der Waals surface area contributed by atoms with E-state index in [0.717, 1.165) is 12.8 Å². The number of hydrogen-bond acceptors (Lipinski definition) is 6. The maximum atomic E-state index is 11.7. The molecule has 0 amide bonds. The van der Waals surface area contributed by atoms with Crippen LogP contribution in [0.2, 0.25) is 5.15 Å². The van der Waals surface area contributed by atoms with E-state index < -0.39 is 0 Å². The Hall–Kier alpha value is -1.54. The van der Waals surface area contributed by atoms with E-state index in [1.54, 1.807) is 4.57 Å². The summed E-state index contributed by atoms with van der Waals surface area (Å²) < 4.78 is 6.81. The average molecular weight is 300 g/mol. The van der Waals surface area contributed by atoms with Gasteiger partial charge in [0.05, 0.1) is 7.11 Å². The van der Waals surface area contributed by atoms with Gasteiger partial charge in [-0.05, 0) is 24.6 Å². The third-order valence-corrected chi connectivity index (χ3v) is 3.93. The van der Waals surface area contributed by atoms with E-state index in [2.05, 4.69) is 20.2 Å². The van der Waals surface area contributed by atoms with E-state index in [1.807, 2.05) is 0 Å². The van der Waals surface area contributed by atoms with Crippen molar-refractivity contribution in [2.45, 2.75) is 29.1 Å². The molecule has 0 atom stereocenters. The van der Waals surface area contributed by atoms with Gasteiger partial charge in [0, 0.05) is 6.04 Å². The van der Waals surface area contributed by atoms with Gasteiger partial charge in [-0.1, -0.05) is 11.6 Å². The summed E-state index contributed by atoms with van der Waals surface area (Å²) in [6, 6.07) is 0.233. The molecule has 0 saturated heterocycles. The topological polar surface area (TPSA) is 85.7 Å². The molecule has 0 bridgehead atoms. The zero-order valence-corrected chi connectivity index (χ0v) is 11.5. The Labute approximate surface area is 117 Å². The molecule has 0 spiro atoms. The van der Waals surface area contributed by atoms with Crippen LogP contribution in [0, 0.1) is 0 Å². The van der Waals surface area contributed by atoms with Crippen LogP contribution < -0.4 is 10.4 Å². The summed E-state index contributed by atoms with van der Waals surface area (Å²) in [6.07, 6.45) is 3.34. The Balaban J connectivity index is 1.98. The average Bonchev–Trinajstić information content (AvgIpc) is 3.15. The summed E-state index contributed by atoms with van der Waals surface area (Å²) in [4.78, 5) is 19.6. The predicted octanol–water partition coefficient (Wildman–Crippen LogP) is 1.51. The van der Waals surface area contributed by atoms with Crippen molar-refractivity contribution in [3.05, 3.63) is 22.0 Å². The first-order valence-electron chi connectivity index (χ1n) is 5.60. The summed E-state index contributed by atoms with van der Waals surface area (Å²) in [6.45, 7) is 0. The van der Waals surface area contributed by atoms with Gasteiger partial charge in [-0.3, -0.25) is 4.57 Å². The highest BCUT2D eigenvalue weighted by atomic mass is 35.5. The monoisotopic (exact) mass is 299 g/mol. The number of H-pyrrole nitrogens is 1. The molecule has 0 aliphatic heterocycles. The second-order valence-corrected chi connectivity index (χ2v) is 5.33. The van der Waals surface area contributed by atoms with Crippen molar-refractivity contribution >= 4 is 23.4 Å². The van der Waals surface area contributed by atoms with E-state index in [4.69, 9.17) is 16.3 Å². The molecule has 1 aliphatic carbocycles. The smallest absolute Gasteiger partial charge is 0.344 e. The van der Waals surface area contributed by atoms with Crippen LogP contribution in [-0.4, -0.2) is 31.8 Å². The summed E-state index contributed by atoms with van der Waals surface area (Å²) in [5.41, 5.74) is -0.205. The van der Waals surface area contributed by atoms with Crippen LogP contribution in [-0.2, 0) is 0 Å². The van der Waals surface area contributed by atoms with Crippen molar-refractivity contribution in [3.8, 4) is 5.75 Å². The zero-order chi connectivity index (χ0) is 13.4. The molecule has 19 heavy (non-hydrogen) atoms.